The molecule has 0 N–H and O–H groups in total. The standard InChI is InChI=1S/C24H31ClS/c1-2-3-4-5-19-6-10-21(11-7-19)22-12-8-20(9-13-22)18-26-24-16-14-23(25)15-17-24/h8-9,12-17,19,21H,2-7,10-11,18H2,1H3. The van der Waals surface area contributed by atoms with Crippen LogP contribution in [0.2, 0.25) is 5.02 Å². The van der Waals surface area contributed by atoms with Gasteiger partial charge in [0.15, 0.2) is 0 Å². The van der Waals surface area contributed by atoms with Gasteiger partial charge in [-0.3, -0.25) is 0 Å². The highest BCUT2D eigenvalue weighted by atomic mass is 35.5. The third-order valence-electron chi connectivity index (χ3n) is 5.73. The first-order chi connectivity index (χ1) is 12.7. The predicted octanol–water partition coefficient (Wildman–Crippen LogP) is 8.49. The summed E-state index contributed by atoms with van der Waals surface area (Å²) in [5.41, 5.74) is 2.96. The van der Waals surface area contributed by atoms with Gasteiger partial charge in [0.25, 0.3) is 0 Å². The van der Waals surface area contributed by atoms with E-state index in [9.17, 15) is 0 Å². The lowest BCUT2D eigenvalue weighted by atomic mass is 9.77. The molecule has 1 aliphatic rings. The molecule has 0 radical (unpaired) electrons. The maximum absolute atomic E-state index is 5.95. The van der Waals surface area contributed by atoms with Gasteiger partial charge in [-0.1, -0.05) is 68.5 Å². The highest BCUT2D eigenvalue weighted by molar-refractivity contribution is 7.98. The van der Waals surface area contributed by atoms with E-state index in [0.29, 0.717) is 0 Å². The van der Waals surface area contributed by atoms with E-state index in [1.807, 2.05) is 23.9 Å². The van der Waals surface area contributed by atoms with Crippen LogP contribution in [0.5, 0.6) is 0 Å². The van der Waals surface area contributed by atoms with E-state index in [1.165, 1.54) is 61.8 Å². The summed E-state index contributed by atoms with van der Waals surface area (Å²) in [5, 5.41) is 0.804. The Balaban J connectivity index is 1.45. The van der Waals surface area contributed by atoms with E-state index in [0.717, 1.165) is 22.6 Å². The van der Waals surface area contributed by atoms with Crippen LogP contribution in [-0.2, 0) is 5.75 Å². The van der Waals surface area contributed by atoms with Crippen LogP contribution >= 0.6 is 23.4 Å². The molecule has 0 amide bonds. The number of thioether (sulfide) groups is 1. The number of halogens is 1. The van der Waals surface area contributed by atoms with Crippen molar-refractivity contribution >= 4 is 23.4 Å². The second kappa shape index (κ2) is 10.4. The molecule has 0 nitrogen and oxygen atoms in total. The molecule has 1 fully saturated rings. The van der Waals surface area contributed by atoms with Crippen molar-refractivity contribution in [1.29, 1.82) is 0 Å². The smallest absolute Gasteiger partial charge is 0.0406 e. The zero-order valence-corrected chi connectivity index (χ0v) is 17.5. The average Bonchev–Trinajstić information content (AvgIpc) is 2.69. The van der Waals surface area contributed by atoms with E-state index in [-0.39, 0.29) is 0 Å². The van der Waals surface area contributed by atoms with Crippen LogP contribution in [0.15, 0.2) is 53.4 Å². The summed E-state index contributed by atoms with van der Waals surface area (Å²) < 4.78 is 0. The molecule has 0 heterocycles. The Hall–Kier alpha value is -0.920. The molecule has 0 unspecified atom stereocenters. The van der Waals surface area contributed by atoms with Gasteiger partial charge in [-0.2, -0.15) is 0 Å². The van der Waals surface area contributed by atoms with Gasteiger partial charge in [0.1, 0.15) is 0 Å². The van der Waals surface area contributed by atoms with Crippen LogP contribution in [0.25, 0.3) is 0 Å². The van der Waals surface area contributed by atoms with Crippen LogP contribution in [0.4, 0.5) is 0 Å². The average molecular weight is 387 g/mol. The highest BCUT2D eigenvalue weighted by Crippen LogP contribution is 2.38. The zero-order chi connectivity index (χ0) is 18.2. The van der Waals surface area contributed by atoms with Crippen LogP contribution in [-0.4, -0.2) is 0 Å². The Morgan fingerprint density at radius 2 is 1.58 bits per heavy atom. The van der Waals surface area contributed by atoms with Gasteiger partial charge in [0.2, 0.25) is 0 Å². The molecule has 2 heteroatoms. The van der Waals surface area contributed by atoms with Gasteiger partial charge in [-0.15, -0.1) is 11.8 Å². The lowest BCUT2D eigenvalue weighted by Crippen LogP contribution is -2.13. The SMILES string of the molecule is CCCCCC1CCC(c2ccc(CSc3ccc(Cl)cc3)cc2)CC1. The molecular formula is C24H31ClS. The molecule has 0 aliphatic heterocycles. The Labute approximate surface area is 168 Å². The maximum atomic E-state index is 5.95. The topological polar surface area (TPSA) is 0 Å². The summed E-state index contributed by atoms with van der Waals surface area (Å²) in [6, 6.07) is 17.5. The second-order valence-corrected chi connectivity index (χ2v) is 9.18. The first kappa shape index (κ1) is 19.8. The van der Waals surface area contributed by atoms with Crippen molar-refractivity contribution in [2.45, 2.75) is 74.9 Å². The van der Waals surface area contributed by atoms with E-state index in [2.05, 4.69) is 43.3 Å². The summed E-state index contributed by atoms with van der Waals surface area (Å²) in [5.74, 6) is 2.80. The third-order valence-corrected chi connectivity index (χ3v) is 7.07. The third kappa shape index (κ3) is 6.06. The van der Waals surface area contributed by atoms with Gasteiger partial charge in [-0.05, 0) is 72.9 Å². The van der Waals surface area contributed by atoms with Crippen LogP contribution in [0.1, 0.15) is 75.3 Å². The number of unbranched alkanes of at least 4 members (excludes halogenated alkanes) is 2. The summed E-state index contributed by atoms with van der Waals surface area (Å²) >= 11 is 7.83. The lowest BCUT2D eigenvalue weighted by molar-refractivity contribution is 0.303. The Kier molecular flexibility index (Phi) is 7.95. The van der Waals surface area contributed by atoms with E-state index < -0.39 is 0 Å². The first-order valence-corrected chi connectivity index (χ1v) is 11.6. The largest absolute Gasteiger partial charge is 0.121 e. The van der Waals surface area contributed by atoms with Crippen molar-refractivity contribution in [3.8, 4) is 0 Å². The molecule has 0 aromatic heterocycles. The molecule has 1 saturated carbocycles. The fraction of sp³-hybridized carbons (Fsp3) is 0.500. The monoisotopic (exact) mass is 386 g/mol. The van der Waals surface area contributed by atoms with Crippen molar-refractivity contribution in [3.05, 3.63) is 64.7 Å². The molecule has 0 bridgehead atoms. The molecule has 140 valence electrons. The zero-order valence-electron chi connectivity index (χ0n) is 15.9. The van der Waals surface area contributed by atoms with Crippen molar-refractivity contribution in [2.75, 3.05) is 0 Å². The van der Waals surface area contributed by atoms with Gasteiger partial charge in [0, 0.05) is 15.7 Å². The summed E-state index contributed by atoms with van der Waals surface area (Å²) in [6.07, 6.45) is 11.3. The van der Waals surface area contributed by atoms with Gasteiger partial charge < -0.3 is 0 Å². The van der Waals surface area contributed by atoms with E-state index >= 15 is 0 Å². The fourth-order valence-corrected chi connectivity index (χ4v) is 5.03. The Morgan fingerprint density at radius 1 is 0.885 bits per heavy atom. The number of hydrogen-bond acceptors (Lipinski definition) is 1. The minimum absolute atomic E-state index is 0.787. The van der Waals surface area contributed by atoms with Crippen molar-refractivity contribution in [1.82, 2.24) is 0 Å². The van der Waals surface area contributed by atoms with E-state index in [1.54, 1.807) is 5.56 Å². The second-order valence-electron chi connectivity index (χ2n) is 7.70. The van der Waals surface area contributed by atoms with Gasteiger partial charge in [-0.25, -0.2) is 0 Å². The lowest BCUT2D eigenvalue weighted by Gasteiger charge is -2.29. The predicted molar refractivity (Wildman–Crippen MR) is 116 cm³/mol. The fourth-order valence-electron chi connectivity index (χ4n) is 4.05. The molecule has 0 atom stereocenters. The first-order valence-electron chi connectivity index (χ1n) is 10.2. The van der Waals surface area contributed by atoms with Crippen molar-refractivity contribution in [2.24, 2.45) is 5.92 Å². The Bertz CT molecular complexity index is 639. The molecule has 0 saturated heterocycles. The molecular weight excluding hydrogens is 356 g/mol. The quantitative estimate of drug-likeness (QED) is 0.323. The highest BCUT2D eigenvalue weighted by Gasteiger charge is 2.21. The van der Waals surface area contributed by atoms with Gasteiger partial charge in [0.05, 0.1) is 0 Å². The molecule has 0 spiro atoms. The van der Waals surface area contributed by atoms with Crippen molar-refractivity contribution < 1.29 is 0 Å². The molecule has 2 aromatic carbocycles. The maximum Gasteiger partial charge on any atom is 0.0406 e. The Morgan fingerprint density at radius 3 is 2.23 bits per heavy atom. The molecule has 2 aromatic rings. The normalized spacial score (nSPS) is 20.2. The van der Waals surface area contributed by atoms with Crippen molar-refractivity contribution in [3.63, 3.8) is 0 Å². The molecule has 3 rings (SSSR count). The van der Waals surface area contributed by atoms with Crippen LogP contribution in [0.3, 0.4) is 0 Å². The van der Waals surface area contributed by atoms with Crippen LogP contribution < -0.4 is 0 Å². The number of benzene rings is 2. The number of rotatable bonds is 8. The molecule has 26 heavy (non-hydrogen) atoms. The van der Waals surface area contributed by atoms with E-state index in [4.69, 9.17) is 11.6 Å². The van der Waals surface area contributed by atoms with Gasteiger partial charge >= 0.3 is 0 Å². The number of hydrogen-bond donors (Lipinski definition) is 0. The minimum atomic E-state index is 0.787. The minimum Gasteiger partial charge on any atom is -0.121 e. The summed E-state index contributed by atoms with van der Waals surface area (Å²) in [7, 11) is 0. The van der Waals surface area contributed by atoms with Crippen LogP contribution in [0, 0.1) is 5.92 Å². The summed E-state index contributed by atoms with van der Waals surface area (Å²) in [4.78, 5) is 1.28. The molecule has 1 aliphatic carbocycles. The summed E-state index contributed by atoms with van der Waals surface area (Å²) in [6.45, 7) is 2.30.